The first-order chi connectivity index (χ1) is 29.5. The number of fused-ring (bicyclic) bond motifs is 9. The molecule has 9 aromatic carbocycles. The highest BCUT2D eigenvalue weighted by Crippen LogP contribution is 2.58. The molecule has 0 saturated carbocycles. The molecule has 284 valence electrons. The van der Waals surface area contributed by atoms with E-state index in [-0.39, 0.29) is 5.41 Å². The van der Waals surface area contributed by atoms with Crippen LogP contribution in [0.3, 0.4) is 0 Å². The van der Waals surface area contributed by atoms with Gasteiger partial charge < -0.3 is 4.90 Å². The number of rotatable bonds is 6. The number of nitrogens with zero attached hydrogens (tertiary/aromatic N) is 1. The van der Waals surface area contributed by atoms with E-state index in [0.717, 1.165) is 17.1 Å². The van der Waals surface area contributed by atoms with Crippen molar-refractivity contribution < 1.29 is 0 Å². The lowest BCUT2D eigenvalue weighted by atomic mass is 9.67. The molecular formula is C58H41NS. The van der Waals surface area contributed by atoms with Gasteiger partial charge in [0.25, 0.3) is 0 Å². The van der Waals surface area contributed by atoms with Crippen LogP contribution in [0.1, 0.15) is 47.2 Å². The van der Waals surface area contributed by atoms with Crippen LogP contribution in [-0.4, -0.2) is 0 Å². The van der Waals surface area contributed by atoms with Crippen molar-refractivity contribution in [2.24, 2.45) is 0 Å². The summed E-state index contributed by atoms with van der Waals surface area (Å²) in [5, 5.41) is 2.61. The Bertz CT molecular complexity index is 3260. The molecule has 2 heteroatoms. The van der Waals surface area contributed by atoms with E-state index in [9.17, 15) is 0 Å². The summed E-state index contributed by atoms with van der Waals surface area (Å²) in [6.07, 6.45) is 0. The highest BCUT2D eigenvalue weighted by atomic mass is 32.1. The predicted octanol–water partition coefficient (Wildman–Crippen LogP) is 15.9. The van der Waals surface area contributed by atoms with Crippen molar-refractivity contribution >= 4 is 48.6 Å². The molecule has 0 spiro atoms. The number of benzene rings is 9. The van der Waals surface area contributed by atoms with E-state index in [1.165, 1.54) is 86.9 Å². The second kappa shape index (κ2) is 13.3. The Kier molecular flexibility index (Phi) is 7.73. The third-order valence-corrected chi connectivity index (χ3v) is 14.4. The second-order valence-corrected chi connectivity index (χ2v) is 17.9. The SMILES string of the molecule is CC1(C)c2ccccc2-c2cccc(-c3cccc(N(c4ccc5c(c4)C(c4ccccc4)(c4ccccc4)c4ccccc4-5)c4ccc5c(c4)sc4ccccc45)c3)c21. The fourth-order valence-corrected chi connectivity index (χ4v) is 11.9. The van der Waals surface area contributed by atoms with Gasteiger partial charge in [0.1, 0.15) is 0 Å². The van der Waals surface area contributed by atoms with Gasteiger partial charge in [0.2, 0.25) is 0 Å². The highest BCUT2D eigenvalue weighted by molar-refractivity contribution is 7.25. The molecule has 0 amide bonds. The number of hydrogen-bond donors (Lipinski definition) is 0. The van der Waals surface area contributed by atoms with Crippen LogP contribution in [0, 0.1) is 0 Å². The zero-order valence-corrected chi connectivity index (χ0v) is 34.4. The second-order valence-electron chi connectivity index (χ2n) is 16.8. The van der Waals surface area contributed by atoms with Crippen molar-refractivity contribution in [2.75, 3.05) is 4.90 Å². The molecule has 1 heterocycles. The van der Waals surface area contributed by atoms with Crippen molar-refractivity contribution in [3.05, 3.63) is 246 Å². The molecule has 2 aliphatic rings. The van der Waals surface area contributed by atoms with E-state index in [4.69, 9.17) is 0 Å². The maximum absolute atomic E-state index is 2.49. The maximum atomic E-state index is 2.49. The van der Waals surface area contributed by atoms with Crippen LogP contribution in [0.2, 0.25) is 0 Å². The Balaban J connectivity index is 1.10. The van der Waals surface area contributed by atoms with E-state index < -0.39 is 5.41 Å². The zero-order chi connectivity index (χ0) is 40.0. The lowest BCUT2D eigenvalue weighted by Crippen LogP contribution is -2.28. The molecule has 0 unspecified atom stereocenters. The summed E-state index contributed by atoms with van der Waals surface area (Å²) in [7, 11) is 0. The van der Waals surface area contributed by atoms with Crippen LogP contribution in [0.15, 0.2) is 212 Å². The van der Waals surface area contributed by atoms with Gasteiger partial charge in [-0.1, -0.05) is 184 Å². The van der Waals surface area contributed by atoms with Crippen LogP contribution >= 0.6 is 11.3 Å². The molecule has 0 atom stereocenters. The van der Waals surface area contributed by atoms with Crippen molar-refractivity contribution in [1.29, 1.82) is 0 Å². The van der Waals surface area contributed by atoms with Gasteiger partial charge in [-0.25, -0.2) is 0 Å². The van der Waals surface area contributed by atoms with Crippen molar-refractivity contribution in [3.8, 4) is 33.4 Å². The minimum Gasteiger partial charge on any atom is -0.310 e. The summed E-state index contributed by atoms with van der Waals surface area (Å²) in [4.78, 5) is 2.49. The highest BCUT2D eigenvalue weighted by Gasteiger charge is 2.46. The van der Waals surface area contributed by atoms with Gasteiger partial charge in [0.05, 0.1) is 5.41 Å². The van der Waals surface area contributed by atoms with E-state index in [0.29, 0.717) is 0 Å². The molecule has 0 radical (unpaired) electrons. The molecule has 12 rings (SSSR count). The Morgan fingerprint density at radius 1 is 0.367 bits per heavy atom. The summed E-state index contributed by atoms with van der Waals surface area (Å²) < 4.78 is 2.59. The molecule has 0 N–H and O–H groups in total. The number of hydrogen-bond acceptors (Lipinski definition) is 2. The molecule has 2 aliphatic carbocycles. The van der Waals surface area contributed by atoms with E-state index in [2.05, 4.69) is 231 Å². The minimum absolute atomic E-state index is 0.127. The molecule has 60 heavy (non-hydrogen) atoms. The fraction of sp³-hybridized carbons (Fsp3) is 0.0690. The normalized spacial score (nSPS) is 14.1. The van der Waals surface area contributed by atoms with Crippen LogP contribution in [0.4, 0.5) is 17.1 Å². The van der Waals surface area contributed by atoms with Crippen LogP contribution in [-0.2, 0) is 10.8 Å². The molecule has 0 bridgehead atoms. The van der Waals surface area contributed by atoms with Gasteiger partial charge in [-0.3, -0.25) is 0 Å². The molecule has 0 saturated heterocycles. The van der Waals surface area contributed by atoms with Gasteiger partial charge in [0, 0.05) is 42.6 Å². The van der Waals surface area contributed by atoms with Crippen LogP contribution in [0.5, 0.6) is 0 Å². The van der Waals surface area contributed by atoms with Crippen molar-refractivity contribution in [1.82, 2.24) is 0 Å². The minimum atomic E-state index is -0.501. The van der Waals surface area contributed by atoms with E-state index in [1.807, 2.05) is 11.3 Å². The smallest absolute Gasteiger partial charge is 0.0714 e. The summed E-state index contributed by atoms with van der Waals surface area (Å²) in [5.74, 6) is 0. The maximum Gasteiger partial charge on any atom is 0.0714 e. The molecule has 1 aromatic heterocycles. The fourth-order valence-electron chi connectivity index (χ4n) is 10.8. The Morgan fingerprint density at radius 2 is 0.917 bits per heavy atom. The average Bonchev–Trinajstić information content (AvgIpc) is 3.90. The van der Waals surface area contributed by atoms with Gasteiger partial charge in [-0.05, 0) is 109 Å². The lowest BCUT2D eigenvalue weighted by Gasteiger charge is -2.35. The van der Waals surface area contributed by atoms with Crippen molar-refractivity contribution in [3.63, 3.8) is 0 Å². The number of anilines is 3. The van der Waals surface area contributed by atoms with E-state index in [1.54, 1.807) is 0 Å². The van der Waals surface area contributed by atoms with Gasteiger partial charge >= 0.3 is 0 Å². The molecule has 0 fully saturated rings. The molecule has 0 aliphatic heterocycles. The molecule has 1 nitrogen and oxygen atoms in total. The van der Waals surface area contributed by atoms with E-state index >= 15 is 0 Å². The van der Waals surface area contributed by atoms with Crippen molar-refractivity contribution in [2.45, 2.75) is 24.7 Å². The first-order valence-corrected chi connectivity index (χ1v) is 21.7. The van der Waals surface area contributed by atoms with Crippen LogP contribution < -0.4 is 4.90 Å². The first-order valence-electron chi connectivity index (χ1n) is 20.9. The Morgan fingerprint density at radius 3 is 1.70 bits per heavy atom. The topological polar surface area (TPSA) is 3.24 Å². The zero-order valence-electron chi connectivity index (χ0n) is 33.6. The summed E-state index contributed by atoms with van der Waals surface area (Å²) in [5.41, 5.74) is 18.4. The third-order valence-electron chi connectivity index (χ3n) is 13.3. The summed E-state index contributed by atoms with van der Waals surface area (Å²) in [6, 6.07) is 79.3. The average molecular weight is 784 g/mol. The quantitative estimate of drug-likeness (QED) is 0.162. The van der Waals surface area contributed by atoms with Gasteiger partial charge in [-0.15, -0.1) is 11.3 Å². The largest absolute Gasteiger partial charge is 0.310 e. The number of thiophene rings is 1. The predicted molar refractivity (Wildman–Crippen MR) is 254 cm³/mol. The van der Waals surface area contributed by atoms with Crippen LogP contribution in [0.25, 0.3) is 53.6 Å². The summed E-state index contributed by atoms with van der Waals surface area (Å²) >= 11 is 1.87. The van der Waals surface area contributed by atoms with Gasteiger partial charge in [0.15, 0.2) is 0 Å². The monoisotopic (exact) mass is 783 g/mol. The molecular weight excluding hydrogens is 743 g/mol. The Labute approximate surface area is 355 Å². The van der Waals surface area contributed by atoms with Gasteiger partial charge in [-0.2, -0.15) is 0 Å². The lowest BCUT2D eigenvalue weighted by molar-refractivity contribution is 0.662. The third kappa shape index (κ3) is 4.98. The molecule has 10 aromatic rings. The Hall–Kier alpha value is -7.00. The first kappa shape index (κ1) is 35.0. The standard InChI is InChI=1S/C58H41NS/c1-57(2)51-28-12-9-24-46(51)50-27-16-26-44(56(50)57)38-17-15-22-41(35-38)59(43-32-34-49-48-25-11-14-30-54(48)60-55(49)37-43)42-31-33-47-45-23-10-13-29-52(45)58(53(47)36-42,39-18-5-3-6-19-39)40-20-7-4-8-21-40/h3-37H,1-2H3. The summed E-state index contributed by atoms with van der Waals surface area (Å²) in [6.45, 7) is 4.76.